The molecule has 1 atom stereocenters. The monoisotopic (exact) mass is 227 g/mol. The maximum absolute atomic E-state index is 10.3. The Bertz CT molecular complexity index is 525. The van der Waals surface area contributed by atoms with E-state index in [2.05, 4.69) is 4.98 Å². The molecule has 0 bridgehead atoms. The van der Waals surface area contributed by atoms with Gasteiger partial charge in [0.25, 0.3) is 0 Å². The minimum Gasteiger partial charge on any atom is -0.493 e. The standard InChI is InChI=1S/C14H13NO2/c16-14(10-3-6-15-7-4-10)12-1-2-13-11(9-12)5-8-17-13/h1-4,6-7,9,14,16H,5,8H2. The van der Waals surface area contributed by atoms with Gasteiger partial charge in [-0.25, -0.2) is 0 Å². The van der Waals surface area contributed by atoms with E-state index in [9.17, 15) is 5.11 Å². The van der Waals surface area contributed by atoms with Crippen LogP contribution in [-0.4, -0.2) is 16.7 Å². The molecule has 0 saturated carbocycles. The maximum Gasteiger partial charge on any atom is 0.122 e. The third-order valence-electron chi connectivity index (χ3n) is 3.05. The summed E-state index contributed by atoms with van der Waals surface area (Å²) in [5, 5.41) is 10.3. The highest BCUT2D eigenvalue weighted by Gasteiger charge is 2.16. The number of fused-ring (bicyclic) bond motifs is 1. The number of hydrogen-bond acceptors (Lipinski definition) is 3. The minimum atomic E-state index is -0.594. The largest absolute Gasteiger partial charge is 0.493 e. The van der Waals surface area contributed by atoms with Crippen molar-refractivity contribution in [2.24, 2.45) is 0 Å². The van der Waals surface area contributed by atoms with Crippen LogP contribution < -0.4 is 4.74 Å². The smallest absolute Gasteiger partial charge is 0.122 e. The molecule has 1 unspecified atom stereocenters. The second-order valence-electron chi connectivity index (χ2n) is 4.15. The molecule has 0 radical (unpaired) electrons. The van der Waals surface area contributed by atoms with Crippen LogP contribution in [0.5, 0.6) is 5.75 Å². The van der Waals surface area contributed by atoms with Crippen molar-refractivity contribution in [3.05, 3.63) is 59.4 Å². The normalized spacial score (nSPS) is 15.1. The number of nitrogens with zero attached hydrogens (tertiary/aromatic N) is 1. The Morgan fingerprint density at radius 3 is 2.76 bits per heavy atom. The number of aliphatic hydroxyl groups is 1. The van der Waals surface area contributed by atoms with Crippen LogP contribution in [0.25, 0.3) is 0 Å². The Hall–Kier alpha value is -1.87. The molecule has 0 spiro atoms. The Kier molecular flexibility index (Phi) is 2.53. The van der Waals surface area contributed by atoms with Gasteiger partial charge in [0.05, 0.1) is 6.61 Å². The average molecular weight is 227 g/mol. The van der Waals surface area contributed by atoms with E-state index in [4.69, 9.17) is 4.74 Å². The van der Waals surface area contributed by atoms with Crippen LogP contribution >= 0.6 is 0 Å². The molecule has 3 heteroatoms. The summed E-state index contributed by atoms with van der Waals surface area (Å²) in [7, 11) is 0. The number of benzene rings is 1. The second-order valence-corrected chi connectivity index (χ2v) is 4.15. The summed E-state index contributed by atoms with van der Waals surface area (Å²) in [4.78, 5) is 3.95. The third kappa shape index (κ3) is 1.89. The summed E-state index contributed by atoms with van der Waals surface area (Å²) in [5.41, 5.74) is 2.94. The molecule has 0 aliphatic carbocycles. The molecule has 3 nitrogen and oxygen atoms in total. The van der Waals surface area contributed by atoms with Gasteiger partial charge in [-0.15, -0.1) is 0 Å². The highest BCUT2D eigenvalue weighted by Crippen LogP contribution is 2.30. The third-order valence-corrected chi connectivity index (χ3v) is 3.05. The van der Waals surface area contributed by atoms with E-state index in [-0.39, 0.29) is 0 Å². The fraction of sp³-hybridized carbons (Fsp3) is 0.214. The molecule has 0 amide bonds. The fourth-order valence-corrected chi connectivity index (χ4v) is 2.11. The van der Waals surface area contributed by atoms with Crippen molar-refractivity contribution in [3.63, 3.8) is 0 Å². The number of rotatable bonds is 2. The van der Waals surface area contributed by atoms with Gasteiger partial charge in [0.2, 0.25) is 0 Å². The van der Waals surface area contributed by atoms with Crippen molar-refractivity contribution in [2.75, 3.05) is 6.61 Å². The number of pyridine rings is 1. The van der Waals surface area contributed by atoms with Crippen molar-refractivity contribution in [3.8, 4) is 5.75 Å². The zero-order valence-corrected chi connectivity index (χ0v) is 9.34. The molecule has 0 fully saturated rings. The first-order valence-corrected chi connectivity index (χ1v) is 5.68. The second kappa shape index (κ2) is 4.18. The van der Waals surface area contributed by atoms with Crippen LogP contribution in [0.1, 0.15) is 22.8 Å². The van der Waals surface area contributed by atoms with Gasteiger partial charge in [-0.2, -0.15) is 0 Å². The van der Waals surface area contributed by atoms with Gasteiger partial charge < -0.3 is 9.84 Å². The molecular weight excluding hydrogens is 214 g/mol. The molecule has 1 aliphatic rings. The first kappa shape index (κ1) is 10.3. The van der Waals surface area contributed by atoms with Crippen molar-refractivity contribution in [1.82, 2.24) is 4.98 Å². The molecule has 1 aliphatic heterocycles. The zero-order valence-electron chi connectivity index (χ0n) is 9.34. The summed E-state index contributed by atoms with van der Waals surface area (Å²) < 4.78 is 5.45. The number of aromatic nitrogens is 1. The molecular formula is C14H13NO2. The summed E-state index contributed by atoms with van der Waals surface area (Å²) in [6.45, 7) is 0.740. The maximum atomic E-state index is 10.3. The first-order chi connectivity index (χ1) is 8.34. The molecule has 0 saturated heterocycles. The lowest BCUT2D eigenvalue weighted by atomic mass is 10.00. The number of ether oxygens (including phenoxy) is 1. The first-order valence-electron chi connectivity index (χ1n) is 5.68. The van der Waals surface area contributed by atoms with E-state index in [0.29, 0.717) is 0 Å². The Morgan fingerprint density at radius 1 is 1.12 bits per heavy atom. The highest BCUT2D eigenvalue weighted by atomic mass is 16.5. The van der Waals surface area contributed by atoms with E-state index in [0.717, 1.165) is 29.9 Å². The van der Waals surface area contributed by atoms with Gasteiger partial charge in [-0.3, -0.25) is 4.98 Å². The Balaban J connectivity index is 1.94. The van der Waals surface area contributed by atoms with Crippen LogP contribution in [0.15, 0.2) is 42.7 Å². The lowest BCUT2D eigenvalue weighted by Gasteiger charge is -2.12. The molecule has 86 valence electrons. The highest BCUT2D eigenvalue weighted by molar-refractivity contribution is 5.42. The topological polar surface area (TPSA) is 42.4 Å². The molecule has 17 heavy (non-hydrogen) atoms. The molecule has 1 aromatic carbocycles. The van der Waals surface area contributed by atoms with Crippen molar-refractivity contribution in [2.45, 2.75) is 12.5 Å². The SMILES string of the molecule is OC(c1ccncc1)c1ccc2c(c1)CCO2. The Labute approximate surface area is 99.7 Å². The van der Waals surface area contributed by atoms with Gasteiger partial charge in [0, 0.05) is 18.8 Å². The van der Waals surface area contributed by atoms with Crippen LogP contribution in [0.3, 0.4) is 0 Å². The van der Waals surface area contributed by atoms with E-state index in [1.54, 1.807) is 12.4 Å². The van der Waals surface area contributed by atoms with E-state index < -0.39 is 6.10 Å². The van der Waals surface area contributed by atoms with E-state index in [1.807, 2.05) is 30.3 Å². The van der Waals surface area contributed by atoms with Gasteiger partial charge in [0.15, 0.2) is 0 Å². The van der Waals surface area contributed by atoms with Crippen LogP contribution in [0.4, 0.5) is 0 Å². The van der Waals surface area contributed by atoms with Crippen molar-refractivity contribution >= 4 is 0 Å². The summed E-state index contributed by atoms with van der Waals surface area (Å²) >= 11 is 0. The predicted molar refractivity (Wildman–Crippen MR) is 63.9 cm³/mol. The summed E-state index contributed by atoms with van der Waals surface area (Å²) in [6, 6.07) is 9.52. The molecule has 3 rings (SSSR count). The predicted octanol–water partition coefficient (Wildman–Crippen LogP) is 2.10. The van der Waals surface area contributed by atoms with Gasteiger partial charge in [0.1, 0.15) is 11.9 Å². The molecule has 2 aromatic rings. The zero-order chi connectivity index (χ0) is 11.7. The van der Waals surface area contributed by atoms with Crippen molar-refractivity contribution in [1.29, 1.82) is 0 Å². The van der Waals surface area contributed by atoms with Gasteiger partial charge in [-0.05, 0) is 41.0 Å². The van der Waals surface area contributed by atoms with E-state index in [1.165, 1.54) is 5.56 Å². The molecule has 2 heterocycles. The summed E-state index contributed by atoms with van der Waals surface area (Å²) in [5.74, 6) is 0.940. The van der Waals surface area contributed by atoms with Crippen molar-refractivity contribution < 1.29 is 9.84 Å². The Morgan fingerprint density at radius 2 is 1.94 bits per heavy atom. The number of aliphatic hydroxyl groups excluding tert-OH is 1. The quantitative estimate of drug-likeness (QED) is 0.854. The van der Waals surface area contributed by atoms with Crippen LogP contribution in [-0.2, 0) is 6.42 Å². The van der Waals surface area contributed by atoms with Crippen LogP contribution in [0, 0.1) is 0 Å². The van der Waals surface area contributed by atoms with Gasteiger partial charge in [-0.1, -0.05) is 6.07 Å². The molecule has 1 aromatic heterocycles. The number of hydrogen-bond donors (Lipinski definition) is 1. The fourth-order valence-electron chi connectivity index (χ4n) is 2.11. The van der Waals surface area contributed by atoms with Crippen LogP contribution in [0.2, 0.25) is 0 Å². The lowest BCUT2D eigenvalue weighted by molar-refractivity contribution is 0.220. The summed E-state index contributed by atoms with van der Waals surface area (Å²) in [6.07, 6.45) is 3.71. The molecule has 1 N–H and O–H groups in total. The minimum absolute atomic E-state index is 0.594. The van der Waals surface area contributed by atoms with E-state index >= 15 is 0 Å². The lowest BCUT2D eigenvalue weighted by Crippen LogP contribution is -2.00. The average Bonchev–Trinajstić information content (AvgIpc) is 2.86. The van der Waals surface area contributed by atoms with Gasteiger partial charge >= 0.3 is 0 Å².